The quantitative estimate of drug-likeness (QED) is 0.0371. The molecule has 0 spiro atoms. The Balaban J connectivity index is 4.12. The van der Waals surface area contributed by atoms with E-state index in [-0.39, 0.29) is 36.2 Å². The zero-order chi connectivity index (χ0) is 42.8. The summed E-state index contributed by atoms with van der Waals surface area (Å²) in [6, 6.07) is -0.608. The number of hydrogen-bond donors (Lipinski definition) is 1. The maximum absolute atomic E-state index is 12.8. The van der Waals surface area contributed by atoms with Crippen LogP contribution in [0.15, 0.2) is 0 Å². The van der Waals surface area contributed by atoms with Gasteiger partial charge >= 0.3 is 17.9 Å². The molecule has 0 fully saturated rings. The lowest BCUT2D eigenvalue weighted by atomic mass is 10.0. The number of likely N-dealkylation sites (N-methyl/N-ethyl adjacent to an activating group) is 1. The van der Waals surface area contributed by atoms with Gasteiger partial charge in [0, 0.05) is 19.3 Å². The van der Waals surface area contributed by atoms with Crippen molar-refractivity contribution in [2.24, 2.45) is 0 Å². The fraction of sp³-hybridized carbons (Fsp3) is 0.940. The van der Waals surface area contributed by atoms with Gasteiger partial charge in [-0.2, -0.15) is 0 Å². The molecule has 344 valence electrons. The lowest BCUT2D eigenvalue weighted by Crippen LogP contribution is -2.50. The first kappa shape index (κ1) is 56.3. The Morgan fingerprint density at radius 1 is 0.448 bits per heavy atom. The molecule has 2 unspecified atom stereocenters. The number of ether oxygens (including phenoxy) is 3. The second-order valence-corrected chi connectivity index (χ2v) is 18.4. The fourth-order valence-corrected chi connectivity index (χ4v) is 7.86. The normalized spacial score (nSPS) is 12.8. The molecule has 0 amide bonds. The van der Waals surface area contributed by atoms with Crippen LogP contribution >= 0.6 is 0 Å². The van der Waals surface area contributed by atoms with Crippen molar-refractivity contribution in [2.75, 3.05) is 41.0 Å². The standard InChI is InChI=1S/C50H97NO7/c1-6-8-10-12-14-16-18-19-20-21-22-23-24-25-26-27-28-29-31-33-35-37-39-41-49(53)58-46(44-56-43-42-47(50(54)55)51(3,4)5)45-57-48(52)40-38-36-34-32-30-17-15-13-11-9-7-2/h46-47H,6-45H2,1-5H3/p+1. The van der Waals surface area contributed by atoms with Crippen molar-refractivity contribution in [1.29, 1.82) is 0 Å². The second-order valence-electron chi connectivity index (χ2n) is 18.4. The number of hydrogen-bond acceptors (Lipinski definition) is 6. The molecule has 0 saturated heterocycles. The van der Waals surface area contributed by atoms with E-state index in [9.17, 15) is 19.5 Å². The number of carboxylic acids is 1. The number of nitrogens with zero attached hydrogens (tertiary/aromatic N) is 1. The average molecular weight is 825 g/mol. The summed E-state index contributed by atoms with van der Waals surface area (Å²) in [5.74, 6) is -1.44. The molecule has 2 atom stereocenters. The predicted molar refractivity (Wildman–Crippen MR) is 243 cm³/mol. The van der Waals surface area contributed by atoms with Crippen molar-refractivity contribution in [3.05, 3.63) is 0 Å². The summed E-state index contributed by atoms with van der Waals surface area (Å²) in [7, 11) is 5.54. The SMILES string of the molecule is CCCCCCCCCCCCCCCCCCCCCCCCCC(=O)OC(COCCC(C(=O)O)[N+](C)(C)C)COC(=O)CCCCCCCCCCCCC. The van der Waals surface area contributed by atoms with E-state index in [2.05, 4.69) is 13.8 Å². The van der Waals surface area contributed by atoms with E-state index in [0.29, 0.717) is 19.3 Å². The molecule has 58 heavy (non-hydrogen) atoms. The van der Waals surface area contributed by atoms with Gasteiger partial charge in [0.05, 0.1) is 34.4 Å². The van der Waals surface area contributed by atoms with Crippen molar-refractivity contribution in [3.8, 4) is 0 Å². The summed E-state index contributed by atoms with van der Waals surface area (Å²) in [5, 5.41) is 9.63. The smallest absolute Gasteiger partial charge is 0.362 e. The van der Waals surface area contributed by atoms with Crippen molar-refractivity contribution in [3.63, 3.8) is 0 Å². The molecule has 0 rings (SSSR count). The number of aliphatic carboxylic acids is 1. The molecule has 0 aliphatic rings. The maximum atomic E-state index is 12.8. The predicted octanol–water partition coefficient (Wildman–Crippen LogP) is 14.1. The molecular formula is C50H98NO7+. The minimum Gasteiger partial charge on any atom is -0.477 e. The lowest BCUT2D eigenvalue weighted by Gasteiger charge is -2.31. The highest BCUT2D eigenvalue weighted by atomic mass is 16.6. The molecule has 0 aromatic heterocycles. The molecule has 0 saturated carbocycles. The van der Waals surface area contributed by atoms with Gasteiger partial charge in [0.1, 0.15) is 6.61 Å². The highest BCUT2D eigenvalue weighted by molar-refractivity contribution is 5.72. The van der Waals surface area contributed by atoms with Crippen LogP contribution in [0.3, 0.4) is 0 Å². The maximum Gasteiger partial charge on any atom is 0.362 e. The highest BCUT2D eigenvalue weighted by Gasteiger charge is 2.31. The monoisotopic (exact) mass is 825 g/mol. The summed E-state index contributed by atoms with van der Waals surface area (Å²) < 4.78 is 17.3. The van der Waals surface area contributed by atoms with Gasteiger partial charge in [0.25, 0.3) is 0 Å². The fourth-order valence-electron chi connectivity index (χ4n) is 7.86. The van der Waals surface area contributed by atoms with Gasteiger partial charge in [-0.15, -0.1) is 0 Å². The second kappa shape index (κ2) is 42.0. The number of esters is 2. The van der Waals surface area contributed by atoms with Crippen molar-refractivity contribution >= 4 is 17.9 Å². The van der Waals surface area contributed by atoms with Crippen molar-refractivity contribution in [1.82, 2.24) is 0 Å². The van der Waals surface area contributed by atoms with Crippen LogP contribution in [0, 0.1) is 0 Å². The van der Waals surface area contributed by atoms with E-state index in [1.165, 1.54) is 180 Å². The topological polar surface area (TPSA) is 99.1 Å². The van der Waals surface area contributed by atoms with Gasteiger partial charge in [-0.1, -0.05) is 219 Å². The van der Waals surface area contributed by atoms with Gasteiger partial charge in [0.15, 0.2) is 12.1 Å². The van der Waals surface area contributed by atoms with E-state index in [0.717, 1.165) is 38.5 Å². The van der Waals surface area contributed by atoms with E-state index >= 15 is 0 Å². The summed E-state index contributed by atoms with van der Waals surface area (Å²) in [6.07, 6.45) is 44.4. The Bertz CT molecular complexity index is 920. The Hall–Kier alpha value is -1.67. The molecule has 0 aromatic rings. The van der Waals surface area contributed by atoms with Gasteiger partial charge in [-0.05, 0) is 12.8 Å². The Morgan fingerprint density at radius 3 is 1.07 bits per heavy atom. The van der Waals surface area contributed by atoms with Crippen LogP contribution in [0.4, 0.5) is 0 Å². The summed E-state index contributed by atoms with van der Waals surface area (Å²) >= 11 is 0. The van der Waals surface area contributed by atoms with Gasteiger partial charge in [-0.25, -0.2) is 4.79 Å². The summed E-state index contributed by atoms with van der Waals surface area (Å²) in [6.45, 7) is 4.78. The minimum absolute atomic E-state index is 0.0420. The van der Waals surface area contributed by atoms with E-state index in [1.54, 1.807) is 0 Å². The number of rotatable bonds is 46. The Morgan fingerprint density at radius 2 is 0.759 bits per heavy atom. The van der Waals surface area contributed by atoms with Crippen molar-refractivity contribution in [2.45, 2.75) is 264 Å². The highest BCUT2D eigenvalue weighted by Crippen LogP contribution is 2.17. The van der Waals surface area contributed by atoms with Crippen LogP contribution in [0.2, 0.25) is 0 Å². The molecule has 0 aliphatic carbocycles. The number of carbonyl (C=O) groups excluding carboxylic acids is 2. The number of unbranched alkanes of at least 4 members (excludes halogenated alkanes) is 32. The van der Waals surface area contributed by atoms with Gasteiger partial charge in [0.2, 0.25) is 0 Å². The average Bonchev–Trinajstić information content (AvgIpc) is 3.18. The third kappa shape index (κ3) is 39.8. The van der Waals surface area contributed by atoms with Crippen LogP contribution in [0.5, 0.6) is 0 Å². The third-order valence-electron chi connectivity index (χ3n) is 11.8. The minimum atomic E-state index is -0.870. The number of carbonyl (C=O) groups is 3. The zero-order valence-electron chi connectivity index (χ0n) is 39.3. The third-order valence-corrected chi connectivity index (χ3v) is 11.8. The molecule has 8 nitrogen and oxygen atoms in total. The van der Waals surface area contributed by atoms with Crippen LogP contribution in [0.1, 0.15) is 251 Å². The van der Waals surface area contributed by atoms with Gasteiger partial charge < -0.3 is 23.8 Å². The van der Waals surface area contributed by atoms with Gasteiger partial charge in [-0.3, -0.25) is 9.59 Å². The largest absolute Gasteiger partial charge is 0.477 e. The van der Waals surface area contributed by atoms with E-state index < -0.39 is 18.1 Å². The number of quaternary nitrogens is 1. The first-order valence-corrected chi connectivity index (χ1v) is 25.1. The van der Waals surface area contributed by atoms with Crippen LogP contribution in [0.25, 0.3) is 0 Å². The van der Waals surface area contributed by atoms with Crippen LogP contribution < -0.4 is 0 Å². The van der Waals surface area contributed by atoms with Crippen LogP contribution in [-0.2, 0) is 28.6 Å². The first-order chi connectivity index (χ1) is 28.1. The van der Waals surface area contributed by atoms with E-state index in [4.69, 9.17) is 14.2 Å². The molecule has 1 N–H and O–H groups in total. The molecular weight excluding hydrogens is 727 g/mol. The molecule has 0 aliphatic heterocycles. The summed E-state index contributed by atoms with van der Waals surface area (Å²) in [5.41, 5.74) is 0. The van der Waals surface area contributed by atoms with E-state index in [1.807, 2.05) is 21.1 Å². The lowest BCUT2D eigenvalue weighted by molar-refractivity contribution is -0.887. The molecule has 8 heteroatoms. The molecule has 0 radical (unpaired) electrons. The first-order valence-electron chi connectivity index (χ1n) is 25.1. The molecule has 0 aromatic carbocycles. The Kier molecular flexibility index (Phi) is 40.8. The van der Waals surface area contributed by atoms with Crippen molar-refractivity contribution < 1.29 is 38.2 Å². The summed E-state index contributed by atoms with van der Waals surface area (Å²) in [4.78, 5) is 37.0. The Labute approximate surface area is 359 Å². The van der Waals surface area contributed by atoms with Crippen LogP contribution in [-0.4, -0.2) is 80.6 Å². The zero-order valence-corrected chi connectivity index (χ0v) is 39.3. The molecule has 0 bridgehead atoms. The number of carboxylic acid groups (broad SMARTS) is 1. The molecule has 0 heterocycles.